The lowest BCUT2D eigenvalue weighted by molar-refractivity contribution is -0.112. The van der Waals surface area contributed by atoms with Crippen molar-refractivity contribution in [3.63, 3.8) is 0 Å². The minimum absolute atomic E-state index is 0.0275. The number of imidazole rings is 1. The van der Waals surface area contributed by atoms with Crippen LogP contribution in [0.5, 0.6) is 0 Å². The van der Waals surface area contributed by atoms with E-state index in [1.807, 2.05) is 36.6 Å². The highest BCUT2D eigenvalue weighted by atomic mass is 16.1. The van der Waals surface area contributed by atoms with Crippen LogP contribution in [0.15, 0.2) is 36.3 Å². The highest BCUT2D eigenvalue weighted by molar-refractivity contribution is 5.88. The number of nitrogens with zero attached hydrogens (tertiary/aromatic N) is 2. The second-order valence-electron chi connectivity index (χ2n) is 4.14. The van der Waals surface area contributed by atoms with E-state index in [-0.39, 0.29) is 5.78 Å². The summed E-state index contributed by atoms with van der Waals surface area (Å²) >= 11 is 0. The van der Waals surface area contributed by atoms with Gasteiger partial charge in [-0.1, -0.05) is 0 Å². The Morgan fingerprint density at radius 2 is 2.24 bits per heavy atom. The van der Waals surface area contributed by atoms with Gasteiger partial charge >= 0.3 is 0 Å². The number of allylic oxidation sites excluding steroid dienone is 2. The molecule has 17 heavy (non-hydrogen) atoms. The van der Waals surface area contributed by atoms with Crippen LogP contribution < -0.4 is 5.32 Å². The summed E-state index contributed by atoms with van der Waals surface area (Å²) in [5.41, 5.74) is 2.87. The number of nitrogens with one attached hydrogen (secondary N) is 1. The summed E-state index contributed by atoms with van der Waals surface area (Å²) in [7, 11) is 0. The molecule has 0 bridgehead atoms. The summed E-state index contributed by atoms with van der Waals surface area (Å²) in [6, 6.07) is 4.03. The molecule has 0 aliphatic rings. The van der Waals surface area contributed by atoms with Gasteiger partial charge in [-0.3, -0.25) is 9.20 Å². The summed E-state index contributed by atoms with van der Waals surface area (Å²) in [4.78, 5) is 15.3. The van der Waals surface area contributed by atoms with Crippen molar-refractivity contribution in [3.05, 3.63) is 41.9 Å². The Bertz CT molecular complexity index is 596. The van der Waals surface area contributed by atoms with Gasteiger partial charge in [0.25, 0.3) is 0 Å². The first-order valence-corrected chi connectivity index (χ1v) is 5.46. The van der Waals surface area contributed by atoms with Crippen LogP contribution in [0.3, 0.4) is 0 Å². The lowest BCUT2D eigenvalue weighted by Gasteiger charge is -2.05. The van der Waals surface area contributed by atoms with Crippen LogP contribution >= 0.6 is 0 Å². The molecule has 0 amide bonds. The van der Waals surface area contributed by atoms with Crippen molar-refractivity contribution < 1.29 is 4.79 Å². The van der Waals surface area contributed by atoms with E-state index in [1.165, 1.54) is 12.5 Å². The maximum atomic E-state index is 11.0. The van der Waals surface area contributed by atoms with Crippen LogP contribution in [0.1, 0.15) is 19.4 Å². The molecule has 0 spiro atoms. The first-order chi connectivity index (χ1) is 8.06. The van der Waals surface area contributed by atoms with Crippen molar-refractivity contribution in [2.24, 2.45) is 0 Å². The minimum atomic E-state index is 0.0275. The fourth-order valence-corrected chi connectivity index (χ4v) is 1.72. The van der Waals surface area contributed by atoms with Gasteiger partial charge in [0.15, 0.2) is 5.78 Å². The zero-order valence-corrected chi connectivity index (χ0v) is 10.2. The van der Waals surface area contributed by atoms with Crippen LogP contribution in [-0.4, -0.2) is 15.2 Å². The van der Waals surface area contributed by atoms with Gasteiger partial charge in [0, 0.05) is 11.9 Å². The van der Waals surface area contributed by atoms with Gasteiger partial charge in [-0.25, -0.2) is 4.98 Å². The van der Waals surface area contributed by atoms with Gasteiger partial charge < -0.3 is 5.32 Å². The number of pyridine rings is 1. The van der Waals surface area contributed by atoms with E-state index in [1.54, 1.807) is 12.3 Å². The van der Waals surface area contributed by atoms with Gasteiger partial charge in [-0.2, -0.15) is 0 Å². The van der Waals surface area contributed by atoms with Crippen molar-refractivity contribution in [3.8, 4) is 0 Å². The third-order valence-electron chi connectivity index (χ3n) is 2.41. The van der Waals surface area contributed by atoms with E-state index >= 15 is 0 Å². The van der Waals surface area contributed by atoms with E-state index < -0.39 is 0 Å². The second-order valence-corrected chi connectivity index (χ2v) is 4.14. The van der Waals surface area contributed by atoms with E-state index in [0.717, 1.165) is 17.2 Å². The molecule has 0 unspecified atom stereocenters. The number of ketones is 1. The van der Waals surface area contributed by atoms with Gasteiger partial charge in [0.1, 0.15) is 11.5 Å². The summed E-state index contributed by atoms with van der Waals surface area (Å²) in [5, 5.41) is 3.16. The van der Waals surface area contributed by atoms with Crippen LogP contribution in [-0.2, 0) is 4.79 Å². The number of aromatic nitrogens is 2. The highest BCUT2D eigenvalue weighted by Gasteiger charge is 2.03. The molecule has 2 rings (SSSR count). The summed E-state index contributed by atoms with van der Waals surface area (Å²) in [5.74, 6) is 0.884. The molecule has 4 heteroatoms. The molecule has 0 saturated carbocycles. The average molecular weight is 229 g/mol. The number of fused-ring (bicyclic) bond motifs is 1. The summed E-state index contributed by atoms with van der Waals surface area (Å²) in [6.45, 7) is 5.42. The lowest BCUT2D eigenvalue weighted by atomic mass is 10.3. The fraction of sp³-hybridized carbons (Fsp3) is 0.231. The summed E-state index contributed by atoms with van der Waals surface area (Å²) in [6.07, 6.45) is 5.28. The van der Waals surface area contributed by atoms with E-state index in [2.05, 4.69) is 10.3 Å². The molecule has 1 N–H and O–H groups in total. The fourth-order valence-electron chi connectivity index (χ4n) is 1.72. The zero-order chi connectivity index (χ0) is 12.4. The standard InChI is InChI=1S/C13H15N3O/c1-9-4-5-16-12(6-9)14-8-13(16)15-10(2)7-11(3)17/h4-8,15H,1-3H3/b10-7-. The molecule has 0 radical (unpaired) electrons. The Labute approximate surface area is 100.0 Å². The Balaban J connectivity index is 2.34. The Kier molecular flexibility index (Phi) is 2.95. The van der Waals surface area contributed by atoms with Gasteiger partial charge in [0.2, 0.25) is 0 Å². The number of anilines is 1. The van der Waals surface area contributed by atoms with Crippen LogP contribution in [0, 0.1) is 6.92 Å². The highest BCUT2D eigenvalue weighted by Crippen LogP contribution is 2.14. The number of aryl methyl sites for hydroxylation is 1. The number of rotatable bonds is 3. The molecule has 0 aliphatic carbocycles. The Morgan fingerprint density at radius 1 is 1.47 bits per heavy atom. The van der Waals surface area contributed by atoms with Crippen molar-refractivity contribution in [2.45, 2.75) is 20.8 Å². The molecule has 4 nitrogen and oxygen atoms in total. The lowest BCUT2D eigenvalue weighted by Crippen LogP contribution is -2.01. The zero-order valence-electron chi connectivity index (χ0n) is 10.2. The van der Waals surface area contributed by atoms with Crippen molar-refractivity contribution in [1.82, 2.24) is 9.38 Å². The van der Waals surface area contributed by atoms with Crippen LogP contribution in [0.2, 0.25) is 0 Å². The predicted octanol–water partition coefficient (Wildman–Crippen LogP) is 2.55. The van der Waals surface area contributed by atoms with Crippen molar-refractivity contribution in [1.29, 1.82) is 0 Å². The first kappa shape index (κ1) is 11.4. The molecule has 0 atom stereocenters. The predicted molar refractivity (Wildman–Crippen MR) is 68.0 cm³/mol. The van der Waals surface area contributed by atoms with Gasteiger partial charge in [0.05, 0.1) is 6.20 Å². The number of carbonyl (C=O) groups excluding carboxylic acids is 1. The maximum absolute atomic E-state index is 11.0. The normalized spacial score (nSPS) is 11.8. The second kappa shape index (κ2) is 4.41. The summed E-state index contributed by atoms with van der Waals surface area (Å²) < 4.78 is 1.95. The third-order valence-corrected chi connectivity index (χ3v) is 2.41. The van der Waals surface area contributed by atoms with E-state index in [9.17, 15) is 4.79 Å². The van der Waals surface area contributed by atoms with Gasteiger partial charge in [-0.15, -0.1) is 0 Å². The van der Waals surface area contributed by atoms with Crippen LogP contribution in [0.4, 0.5) is 5.82 Å². The van der Waals surface area contributed by atoms with Gasteiger partial charge in [-0.05, 0) is 44.5 Å². The molecule has 0 aliphatic heterocycles. The molecule has 2 heterocycles. The quantitative estimate of drug-likeness (QED) is 0.823. The minimum Gasteiger partial charge on any atom is -0.344 e. The molecule has 88 valence electrons. The topological polar surface area (TPSA) is 46.4 Å². The molecule has 0 saturated heterocycles. The SMILES string of the molecule is CC(=O)/C=C(/C)Nc1cnc2cc(C)ccn12. The maximum Gasteiger partial charge on any atom is 0.154 e. The molecule has 0 fully saturated rings. The monoisotopic (exact) mass is 229 g/mol. The molecular formula is C13H15N3O. The smallest absolute Gasteiger partial charge is 0.154 e. The molecular weight excluding hydrogens is 214 g/mol. The number of hydrogen-bond acceptors (Lipinski definition) is 3. The molecule has 2 aromatic heterocycles. The largest absolute Gasteiger partial charge is 0.344 e. The van der Waals surface area contributed by atoms with E-state index in [0.29, 0.717) is 0 Å². The van der Waals surface area contributed by atoms with Crippen molar-refractivity contribution >= 4 is 17.2 Å². The Morgan fingerprint density at radius 3 is 2.94 bits per heavy atom. The van der Waals surface area contributed by atoms with E-state index in [4.69, 9.17) is 0 Å². The number of carbonyl (C=O) groups is 1. The third kappa shape index (κ3) is 2.53. The Hall–Kier alpha value is -2.10. The van der Waals surface area contributed by atoms with Crippen LogP contribution in [0.25, 0.3) is 5.65 Å². The first-order valence-electron chi connectivity index (χ1n) is 5.46. The average Bonchev–Trinajstić information content (AvgIpc) is 2.59. The van der Waals surface area contributed by atoms with Crippen molar-refractivity contribution in [2.75, 3.05) is 5.32 Å². The number of hydrogen-bond donors (Lipinski definition) is 1. The molecule has 0 aromatic carbocycles. The molecule has 2 aromatic rings.